The van der Waals surface area contributed by atoms with Gasteiger partial charge in [0.05, 0.1) is 6.04 Å². The number of carbonyl (C=O) groups is 1. The van der Waals surface area contributed by atoms with E-state index < -0.39 is 0 Å². The number of rotatable bonds is 4. The van der Waals surface area contributed by atoms with Crippen LogP contribution in [-0.4, -0.2) is 41.9 Å². The average molecular weight is 356 g/mol. The molecule has 27 heavy (non-hydrogen) atoms. The Morgan fingerprint density at radius 3 is 1.56 bits per heavy atom. The lowest BCUT2D eigenvalue weighted by atomic mass is 9.96. The molecule has 1 aliphatic heterocycles. The van der Waals surface area contributed by atoms with E-state index >= 15 is 0 Å². The van der Waals surface area contributed by atoms with Crippen molar-refractivity contribution >= 4 is 5.91 Å². The second kappa shape index (κ2) is 8.19. The summed E-state index contributed by atoms with van der Waals surface area (Å²) in [5.41, 5.74) is 3.37. The third kappa shape index (κ3) is 3.93. The van der Waals surface area contributed by atoms with Gasteiger partial charge >= 0.3 is 0 Å². The van der Waals surface area contributed by atoms with Crippen LogP contribution >= 0.6 is 0 Å². The molecular formula is C24H24N2O. The smallest absolute Gasteiger partial charge is 0.253 e. The third-order valence-corrected chi connectivity index (χ3v) is 5.22. The number of amides is 1. The van der Waals surface area contributed by atoms with Crippen molar-refractivity contribution in [2.24, 2.45) is 0 Å². The number of benzene rings is 3. The van der Waals surface area contributed by atoms with Crippen LogP contribution in [0.3, 0.4) is 0 Å². The highest BCUT2D eigenvalue weighted by Gasteiger charge is 2.28. The molecule has 0 N–H and O–H groups in total. The van der Waals surface area contributed by atoms with Crippen LogP contribution in [0.5, 0.6) is 0 Å². The first-order chi connectivity index (χ1) is 13.3. The minimum Gasteiger partial charge on any atom is -0.336 e. The van der Waals surface area contributed by atoms with E-state index in [0.29, 0.717) is 0 Å². The van der Waals surface area contributed by atoms with Gasteiger partial charge in [0, 0.05) is 31.7 Å². The summed E-state index contributed by atoms with van der Waals surface area (Å²) >= 11 is 0. The summed E-state index contributed by atoms with van der Waals surface area (Å²) < 4.78 is 0. The van der Waals surface area contributed by atoms with E-state index in [0.717, 1.165) is 31.7 Å². The van der Waals surface area contributed by atoms with E-state index in [-0.39, 0.29) is 11.9 Å². The summed E-state index contributed by atoms with van der Waals surface area (Å²) in [5, 5.41) is 0. The number of nitrogens with zero attached hydrogens (tertiary/aromatic N) is 2. The van der Waals surface area contributed by atoms with Gasteiger partial charge in [-0.3, -0.25) is 9.69 Å². The molecule has 0 saturated carbocycles. The van der Waals surface area contributed by atoms with Crippen LogP contribution in [0.15, 0.2) is 91.0 Å². The predicted octanol–water partition coefficient (Wildman–Crippen LogP) is 4.23. The van der Waals surface area contributed by atoms with E-state index in [2.05, 4.69) is 65.6 Å². The molecule has 4 rings (SSSR count). The zero-order valence-electron chi connectivity index (χ0n) is 15.4. The van der Waals surface area contributed by atoms with Crippen LogP contribution < -0.4 is 0 Å². The Kier molecular flexibility index (Phi) is 5.31. The second-order valence-electron chi connectivity index (χ2n) is 6.92. The lowest BCUT2D eigenvalue weighted by molar-refractivity contribution is 0.0597. The first-order valence-electron chi connectivity index (χ1n) is 9.51. The normalized spacial score (nSPS) is 15.1. The second-order valence-corrected chi connectivity index (χ2v) is 6.92. The zero-order valence-corrected chi connectivity index (χ0v) is 15.4. The van der Waals surface area contributed by atoms with Crippen LogP contribution in [0, 0.1) is 0 Å². The molecule has 0 spiro atoms. The van der Waals surface area contributed by atoms with Gasteiger partial charge in [0.1, 0.15) is 0 Å². The Bertz CT molecular complexity index is 817. The Hall–Kier alpha value is -2.91. The van der Waals surface area contributed by atoms with Crippen molar-refractivity contribution < 1.29 is 4.79 Å². The number of piperazine rings is 1. The van der Waals surface area contributed by atoms with Gasteiger partial charge in [-0.25, -0.2) is 0 Å². The Morgan fingerprint density at radius 1 is 0.630 bits per heavy atom. The van der Waals surface area contributed by atoms with Crippen LogP contribution in [0.1, 0.15) is 27.5 Å². The molecule has 1 fully saturated rings. The Morgan fingerprint density at radius 2 is 1.07 bits per heavy atom. The summed E-state index contributed by atoms with van der Waals surface area (Å²) in [5.74, 6) is 0.131. The van der Waals surface area contributed by atoms with Crippen molar-refractivity contribution in [2.75, 3.05) is 26.2 Å². The van der Waals surface area contributed by atoms with Crippen molar-refractivity contribution in [3.05, 3.63) is 108 Å². The van der Waals surface area contributed by atoms with Crippen LogP contribution in [-0.2, 0) is 0 Å². The molecule has 3 aromatic carbocycles. The largest absolute Gasteiger partial charge is 0.336 e. The van der Waals surface area contributed by atoms with Gasteiger partial charge in [0.2, 0.25) is 0 Å². The maximum atomic E-state index is 12.7. The fraction of sp³-hybridized carbons (Fsp3) is 0.208. The molecule has 3 nitrogen and oxygen atoms in total. The molecule has 3 aromatic rings. The van der Waals surface area contributed by atoms with E-state index in [1.807, 2.05) is 35.2 Å². The molecule has 0 bridgehead atoms. The van der Waals surface area contributed by atoms with Crippen molar-refractivity contribution in [1.29, 1.82) is 0 Å². The molecule has 0 radical (unpaired) electrons. The third-order valence-electron chi connectivity index (χ3n) is 5.22. The fourth-order valence-electron chi connectivity index (χ4n) is 3.83. The fourth-order valence-corrected chi connectivity index (χ4v) is 3.83. The summed E-state index contributed by atoms with van der Waals surface area (Å²) in [6.07, 6.45) is 0. The van der Waals surface area contributed by atoms with Gasteiger partial charge in [-0.2, -0.15) is 0 Å². The van der Waals surface area contributed by atoms with Crippen molar-refractivity contribution in [1.82, 2.24) is 9.80 Å². The number of carbonyl (C=O) groups excluding carboxylic acids is 1. The SMILES string of the molecule is O=C(c1ccccc1)N1CCN(C(c2ccccc2)c2ccccc2)CC1. The topological polar surface area (TPSA) is 23.6 Å². The van der Waals surface area contributed by atoms with Crippen LogP contribution in [0.25, 0.3) is 0 Å². The zero-order chi connectivity index (χ0) is 18.5. The van der Waals surface area contributed by atoms with Gasteiger partial charge in [0.15, 0.2) is 0 Å². The standard InChI is InChI=1S/C24H24N2O/c27-24(22-14-8-3-9-15-22)26-18-16-25(17-19-26)23(20-10-4-1-5-11-20)21-12-6-2-7-13-21/h1-15,23H,16-19H2. The molecule has 0 aromatic heterocycles. The summed E-state index contributed by atoms with van der Waals surface area (Å²) in [7, 11) is 0. The van der Waals surface area contributed by atoms with Gasteiger partial charge in [-0.05, 0) is 23.3 Å². The van der Waals surface area contributed by atoms with Gasteiger partial charge in [0.25, 0.3) is 5.91 Å². The van der Waals surface area contributed by atoms with Crippen molar-refractivity contribution in [3.8, 4) is 0 Å². The van der Waals surface area contributed by atoms with Crippen molar-refractivity contribution in [3.63, 3.8) is 0 Å². The first kappa shape index (κ1) is 17.5. The average Bonchev–Trinajstić information content (AvgIpc) is 2.76. The summed E-state index contributed by atoms with van der Waals surface area (Å²) in [6, 6.07) is 31.1. The molecule has 0 aliphatic carbocycles. The molecule has 1 aliphatic rings. The monoisotopic (exact) mass is 356 g/mol. The van der Waals surface area contributed by atoms with Gasteiger partial charge in [-0.1, -0.05) is 78.9 Å². The maximum absolute atomic E-state index is 12.7. The maximum Gasteiger partial charge on any atom is 0.253 e. The number of hydrogen-bond acceptors (Lipinski definition) is 2. The minimum atomic E-state index is 0.131. The van der Waals surface area contributed by atoms with Crippen LogP contribution in [0.4, 0.5) is 0 Å². The van der Waals surface area contributed by atoms with Gasteiger partial charge < -0.3 is 4.90 Å². The molecule has 3 heteroatoms. The molecule has 0 unspecified atom stereocenters. The van der Waals surface area contributed by atoms with E-state index in [9.17, 15) is 4.79 Å². The van der Waals surface area contributed by atoms with Gasteiger partial charge in [-0.15, -0.1) is 0 Å². The first-order valence-corrected chi connectivity index (χ1v) is 9.51. The molecule has 136 valence electrons. The molecule has 1 amide bonds. The summed E-state index contributed by atoms with van der Waals surface area (Å²) in [6.45, 7) is 3.24. The highest BCUT2D eigenvalue weighted by atomic mass is 16.2. The lowest BCUT2D eigenvalue weighted by Gasteiger charge is -2.39. The highest BCUT2D eigenvalue weighted by Crippen LogP contribution is 2.29. The van der Waals surface area contributed by atoms with Crippen LogP contribution in [0.2, 0.25) is 0 Å². The predicted molar refractivity (Wildman–Crippen MR) is 109 cm³/mol. The molecule has 1 heterocycles. The van der Waals surface area contributed by atoms with Crippen molar-refractivity contribution in [2.45, 2.75) is 6.04 Å². The quantitative estimate of drug-likeness (QED) is 0.698. The van der Waals surface area contributed by atoms with E-state index in [1.165, 1.54) is 11.1 Å². The lowest BCUT2D eigenvalue weighted by Crippen LogP contribution is -2.49. The highest BCUT2D eigenvalue weighted by molar-refractivity contribution is 5.94. The molecular weight excluding hydrogens is 332 g/mol. The summed E-state index contributed by atoms with van der Waals surface area (Å²) in [4.78, 5) is 17.2. The Labute approximate surface area is 160 Å². The number of hydrogen-bond donors (Lipinski definition) is 0. The Balaban J connectivity index is 1.51. The molecule has 1 saturated heterocycles. The van der Waals surface area contributed by atoms with E-state index in [4.69, 9.17) is 0 Å². The van der Waals surface area contributed by atoms with E-state index in [1.54, 1.807) is 0 Å². The molecule has 0 atom stereocenters. The minimum absolute atomic E-state index is 0.131.